The Morgan fingerprint density at radius 2 is 2.21 bits per heavy atom. The van der Waals surface area contributed by atoms with Crippen molar-refractivity contribution in [1.29, 1.82) is 0 Å². The number of carbonyl (C=O) groups excluding carboxylic acids is 2. The molecule has 2 amide bonds. The van der Waals surface area contributed by atoms with Gasteiger partial charge < -0.3 is 19.5 Å². The summed E-state index contributed by atoms with van der Waals surface area (Å²) >= 11 is 0. The van der Waals surface area contributed by atoms with Crippen molar-refractivity contribution in [2.75, 3.05) is 13.2 Å². The highest BCUT2D eigenvalue weighted by Crippen LogP contribution is 2.40. The molecule has 1 saturated carbocycles. The van der Waals surface area contributed by atoms with Crippen LogP contribution in [-0.2, 0) is 21.4 Å². The lowest BCUT2D eigenvalue weighted by molar-refractivity contribution is -0.140. The monoisotopic (exact) mass is 334 g/mol. The third-order valence-electron chi connectivity index (χ3n) is 4.76. The van der Waals surface area contributed by atoms with Crippen LogP contribution in [0, 0.1) is 0 Å². The number of nitrogens with zero attached hydrogens (tertiary/aromatic N) is 3. The second-order valence-electron chi connectivity index (χ2n) is 6.57. The molecule has 2 atom stereocenters. The second kappa shape index (κ2) is 7.34. The van der Waals surface area contributed by atoms with Crippen LogP contribution in [0.15, 0.2) is 12.5 Å². The van der Waals surface area contributed by atoms with Crippen molar-refractivity contribution in [3.63, 3.8) is 0 Å². The van der Waals surface area contributed by atoms with Gasteiger partial charge in [-0.25, -0.2) is 4.98 Å². The van der Waals surface area contributed by atoms with E-state index in [0.717, 1.165) is 18.5 Å². The SMILES string of the molecule is CCOCCC(=O)N[C@@H]1CCC(=O)N(C2CC2)[C@H]1c1cncn1C. The summed E-state index contributed by atoms with van der Waals surface area (Å²) in [7, 11) is 1.93. The van der Waals surface area contributed by atoms with Crippen molar-refractivity contribution >= 4 is 11.8 Å². The molecule has 0 aromatic carbocycles. The molecule has 1 aromatic rings. The van der Waals surface area contributed by atoms with Gasteiger partial charge in [-0.05, 0) is 26.2 Å². The van der Waals surface area contributed by atoms with E-state index in [-0.39, 0.29) is 23.9 Å². The van der Waals surface area contributed by atoms with Crippen LogP contribution in [0.2, 0.25) is 0 Å². The van der Waals surface area contributed by atoms with E-state index in [4.69, 9.17) is 4.74 Å². The molecule has 1 aromatic heterocycles. The van der Waals surface area contributed by atoms with Gasteiger partial charge in [0, 0.05) is 32.5 Å². The standard InChI is InChI=1S/C17H26N4O3/c1-3-24-9-8-15(22)19-13-6-7-16(23)21(12-4-5-12)17(13)14-10-18-11-20(14)2/h10-13,17H,3-9H2,1-2H3,(H,19,22)/t13-,17-/m1/s1. The van der Waals surface area contributed by atoms with Crippen LogP contribution in [0.3, 0.4) is 0 Å². The summed E-state index contributed by atoms with van der Waals surface area (Å²) in [5, 5.41) is 3.12. The van der Waals surface area contributed by atoms with Crippen molar-refractivity contribution in [2.45, 2.75) is 57.2 Å². The molecular formula is C17H26N4O3. The third kappa shape index (κ3) is 3.61. The normalized spacial score (nSPS) is 24.2. The fraction of sp³-hybridized carbons (Fsp3) is 0.706. The number of imidazole rings is 1. The van der Waals surface area contributed by atoms with Gasteiger partial charge in [0.25, 0.3) is 0 Å². The predicted octanol–water partition coefficient (Wildman–Crippen LogP) is 1.16. The van der Waals surface area contributed by atoms with Gasteiger partial charge in [0.05, 0.1) is 36.9 Å². The first kappa shape index (κ1) is 17.0. The maximum Gasteiger partial charge on any atom is 0.223 e. The van der Waals surface area contributed by atoms with Crippen LogP contribution in [0.1, 0.15) is 50.8 Å². The largest absolute Gasteiger partial charge is 0.381 e. The van der Waals surface area contributed by atoms with Gasteiger partial charge in [-0.1, -0.05) is 0 Å². The van der Waals surface area contributed by atoms with E-state index in [1.807, 2.05) is 23.4 Å². The van der Waals surface area contributed by atoms with Gasteiger partial charge in [0.2, 0.25) is 11.8 Å². The number of hydrogen-bond acceptors (Lipinski definition) is 4. The number of likely N-dealkylation sites (tertiary alicyclic amines) is 1. The van der Waals surface area contributed by atoms with Crippen molar-refractivity contribution in [3.05, 3.63) is 18.2 Å². The first-order valence-corrected chi connectivity index (χ1v) is 8.76. The third-order valence-corrected chi connectivity index (χ3v) is 4.76. The van der Waals surface area contributed by atoms with Crippen LogP contribution in [0.4, 0.5) is 0 Å². The number of aromatic nitrogens is 2. The fourth-order valence-electron chi connectivity index (χ4n) is 3.44. The Hall–Kier alpha value is -1.89. The molecule has 1 aliphatic carbocycles. The van der Waals surface area contributed by atoms with Crippen LogP contribution < -0.4 is 5.32 Å². The minimum atomic E-state index is -0.137. The molecule has 0 bridgehead atoms. The molecule has 0 spiro atoms. The average Bonchev–Trinajstić information content (AvgIpc) is 3.30. The van der Waals surface area contributed by atoms with E-state index >= 15 is 0 Å². The molecule has 7 nitrogen and oxygen atoms in total. The minimum absolute atomic E-state index is 0.0225. The second-order valence-corrected chi connectivity index (χ2v) is 6.57. The van der Waals surface area contributed by atoms with E-state index in [1.54, 1.807) is 12.5 Å². The summed E-state index contributed by atoms with van der Waals surface area (Å²) in [4.78, 5) is 30.9. The average molecular weight is 334 g/mol. The lowest BCUT2D eigenvalue weighted by Gasteiger charge is -2.41. The van der Waals surface area contributed by atoms with Crippen LogP contribution in [0.5, 0.6) is 0 Å². The van der Waals surface area contributed by atoms with Gasteiger partial charge >= 0.3 is 0 Å². The van der Waals surface area contributed by atoms with Crippen molar-refractivity contribution in [1.82, 2.24) is 19.8 Å². The number of piperidine rings is 1. The lowest BCUT2D eigenvalue weighted by Crippen LogP contribution is -2.53. The van der Waals surface area contributed by atoms with E-state index < -0.39 is 0 Å². The molecule has 24 heavy (non-hydrogen) atoms. The maximum absolute atomic E-state index is 12.5. The van der Waals surface area contributed by atoms with Gasteiger partial charge in [0.1, 0.15) is 0 Å². The Morgan fingerprint density at radius 3 is 2.83 bits per heavy atom. The number of amides is 2. The zero-order valence-electron chi connectivity index (χ0n) is 14.4. The Bertz CT molecular complexity index is 596. The number of nitrogens with one attached hydrogen (secondary N) is 1. The molecule has 1 N–H and O–H groups in total. The topological polar surface area (TPSA) is 76.5 Å². The summed E-state index contributed by atoms with van der Waals surface area (Å²) in [5.74, 6) is 0.161. The van der Waals surface area contributed by atoms with E-state index in [2.05, 4.69) is 10.3 Å². The molecule has 1 saturated heterocycles. The Morgan fingerprint density at radius 1 is 1.42 bits per heavy atom. The molecule has 0 unspecified atom stereocenters. The lowest BCUT2D eigenvalue weighted by atomic mass is 9.92. The molecular weight excluding hydrogens is 308 g/mol. The molecule has 1 aliphatic heterocycles. The Kier molecular flexibility index (Phi) is 5.18. The van der Waals surface area contributed by atoms with Crippen molar-refractivity contribution in [3.8, 4) is 0 Å². The smallest absolute Gasteiger partial charge is 0.223 e. The van der Waals surface area contributed by atoms with Crippen LogP contribution >= 0.6 is 0 Å². The predicted molar refractivity (Wildman–Crippen MR) is 88.1 cm³/mol. The summed E-state index contributed by atoms with van der Waals surface area (Å²) in [6.07, 6.45) is 7.14. The molecule has 3 rings (SSSR count). The van der Waals surface area contributed by atoms with E-state index in [0.29, 0.717) is 38.5 Å². The Balaban J connectivity index is 1.77. The minimum Gasteiger partial charge on any atom is -0.381 e. The first-order chi connectivity index (χ1) is 11.6. The highest BCUT2D eigenvalue weighted by atomic mass is 16.5. The summed E-state index contributed by atoms with van der Waals surface area (Å²) < 4.78 is 7.20. The van der Waals surface area contributed by atoms with Crippen LogP contribution in [-0.4, -0.2) is 51.6 Å². The Labute approximate surface area is 142 Å². The number of rotatable bonds is 7. The van der Waals surface area contributed by atoms with Gasteiger partial charge in [-0.2, -0.15) is 0 Å². The molecule has 7 heteroatoms. The number of ether oxygens (including phenoxy) is 1. The fourth-order valence-corrected chi connectivity index (χ4v) is 3.44. The molecule has 2 fully saturated rings. The van der Waals surface area contributed by atoms with Crippen LogP contribution in [0.25, 0.3) is 0 Å². The van der Waals surface area contributed by atoms with Gasteiger partial charge in [-0.3, -0.25) is 9.59 Å². The zero-order valence-corrected chi connectivity index (χ0v) is 14.4. The summed E-state index contributed by atoms with van der Waals surface area (Å²) in [5.41, 5.74) is 0.977. The molecule has 0 radical (unpaired) electrons. The quantitative estimate of drug-likeness (QED) is 0.759. The zero-order chi connectivity index (χ0) is 17.1. The highest BCUT2D eigenvalue weighted by Gasteiger charge is 2.45. The van der Waals surface area contributed by atoms with Gasteiger partial charge in [0.15, 0.2) is 0 Å². The molecule has 2 aliphatic rings. The summed E-state index contributed by atoms with van der Waals surface area (Å²) in [6, 6.07) is 0.0932. The van der Waals surface area contributed by atoms with Crippen molar-refractivity contribution in [2.24, 2.45) is 7.05 Å². The molecule has 132 valence electrons. The highest BCUT2D eigenvalue weighted by molar-refractivity contribution is 5.80. The summed E-state index contributed by atoms with van der Waals surface area (Å²) in [6.45, 7) is 2.95. The molecule has 2 heterocycles. The van der Waals surface area contributed by atoms with Gasteiger partial charge in [-0.15, -0.1) is 0 Å². The number of hydrogen-bond donors (Lipinski definition) is 1. The number of carbonyl (C=O) groups is 2. The number of aryl methyl sites for hydroxylation is 1. The van der Waals surface area contributed by atoms with E-state index in [1.165, 1.54) is 0 Å². The maximum atomic E-state index is 12.5. The van der Waals surface area contributed by atoms with Crippen molar-refractivity contribution < 1.29 is 14.3 Å². The van der Waals surface area contributed by atoms with E-state index in [9.17, 15) is 9.59 Å². The first-order valence-electron chi connectivity index (χ1n) is 8.76.